The zero-order valence-electron chi connectivity index (χ0n) is 5.71. The summed E-state index contributed by atoms with van der Waals surface area (Å²) in [7, 11) is 0. The number of primary amides is 1. The van der Waals surface area contributed by atoms with E-state index in [1.807, 2.05) is 0 Å². The van der Waals surface area contributed by atoms with Crippen LogP contribution in [0.4, 0.5) is 0 Å². The van der Waals surface area contributed by atoms with Gasteiger partial charge in [0.25, 0.3) is 5.91 Å². The number of nitrogens with two attached hydrogens (primary N) is 1. The topological polar surface area (TPSA) is 104 Å². The number of amides is 1. The number of carbonyl (C=O) groups is 1. The molecule has 0 aliphatic heterocycles. The zero-order valence-corrected chi connectivity index (χ0v) is 6.47. The molecule has 0 saturated heterocycles. The molecule has 0 fully saturated rings. The van der Waals surface area contributed by atoms with E-state index in [1.165, 1.54) is 6.07 Å². The molecule has 1 aromatic rings. The van der Waals surface area contributed by atoms with Crippen LogP contribution in [0.1, 0.15) is 16.2 Å². The van der Waals surface area contributed by atoms with E-state index in [-0.39, 0.29) is 17.7 Å². The van der Waals surface area contributed by atoms with E-state index in [0.717, 1.165) is 0 Å². The maximum Gasteiger partial charge on any atom is 0.270 e. The maximum absolute atomic E-state index is 10.4. The van der Waals surface area contributed by atoms with Crippen molar-refractivity contribution in [1.82, 2.24) is 11.3 Å². The van der Waals surface area contributed by atoms with Gasteiger partial charge in [-0.3, -0.25) is 4.79 Å². The fourth-order valence-corrected chi connectivity index (χ4v) is 0.618. The molecule has 5 N–H and O–H groups in total. The summed E-state index contributed by atoms with van der Waals surface area (Å²) in [5, 5.41) is 3.35. The van der Waals surface area contributed by atoms with Crippen molar-refractivity contribution in [2.45, 2.75) is 5.88 Å². The minimum Gasteiger partial charge on any atom is -0.364 e. The van der Waals surface area contributed by atoms with Gasteiger partial charge < -0.3 is 16.4 Å². The third kappa shape index (κ3) is 2.21. The second kappa shape index (κ2) is 3.95. The van der Waals surface area contributed by atoms with Gasteiger partial charge in [-0.05, 0) is 0 Å². The quantitative estimate of drug-likeness (QED) is 0.648. The van der Waals surface area contributed by atoms with Crippen LogP contribution in [0.25, 0.3) is 0 Å². The summed E-state index contributed by atoms with van der Waals surface area (Å²) >= 11 is 5.36. The molecule has 1 heterocycles. The highest BCUT2D eigenvalue weighted by Gasteiger charge is 2.06. The summed E-state index contributed by atoms with van der Waals surface area (Å²) in [4.78, 5) is 10.4. The molecule has 0 bridgehead atoms. The molecule has 0 spiro atoms. The van der Waals surface area contributed by atoms with E-state index in [2.05, 4.69) is 9.68 Å². The maximum atomic E-state index is 10.4. The van der Waals surface area contributed by atoms with E-state index >= 15 is 0 Å². The molecular weight excluding hydrogens is 170 g/mol. The van der Waals surface area contributed by atoms with Crippen molar-refractivity contribution < 1.29 is 9.32 Å². The predicted molar refractivity (Wildman–Crippen MR) is 39.6 cm³/mol. The van der Waals surface area contributed by atoms with Crippen molar-refractivity contribution in [3.05, 3.63) is 17.5 Å². The molecule has 1 aromatic heterocycles. The minimum atomic E-state index is -0.611. The fourth-order valence-electron chi connectivity index (χ4n) is 0.492. The largest absolute Gasteiger partial charge is 0.364 e. The third-order valence-corrected chi connectivity index (χ3v) is 1.21. The van der Waals surface area contributed by atoms with Crippen molar-refractivity contribution in [3.63, 3.8) is 0 Å². The van der Waals surface area contributed by atoms with Crippen LogP contribution in [0.3, 0.4) is 0 Å². The molecule has 0 atom stereocenters. The summed E-state index contributed by atoms with van der Waals surface area (Å²) < 4.78 is 4.59. The average Bonchev–Trinajstić information content (AvgIpc) is 2.34. The van der Waals surface area contributed by atoms with Crippen molar-refractivity contribution in [1.29, 1.82) is 0 Å². The first-order valence-corrected chi connectivity index (χ1v) is 3.09. The lowest BCUT2D eigenvalue weighted by molar-refractivity contribution is 0.0991. The highest BCUT2D eigenvalue weighted by Crippen LogP contribution is 2.04. The number of hydrogen-bond acceptors (Lipinski definition) is 4. The van der Waals surface area contributed by atoms with Crippen molar-refractivity contribution in [2.75, 3.05) is 0 Å². The van der Waals surface area contributed by atoms with Crippen LogP contribution in [0.2, 0.25) is 0 Å². The van der Waals surface area contributed by atoms with E-state index in [9.17, 15) is 4.79 Å². The van der Waals surface area contributed by atoms with Crippen LogP contribution in [0, 0.1) is 0 Å². The molecule has 6 heteroatoms. The molecule has 5 nitrogen and oxygen atoms in total. The lowest BCUT2D eigenvalue weighted by Gasteiger charge is -1.77. The molecule has 0 radical (unpaired) electrons. The summed E-state index contributed by atoms with van der Waals surface area (Å²) in [6, 6.07) is 1.41. The van der Waals surface area contributed by atoms with Crippen LogP contribution >= 0.6 is 11.6 Å². The van der Waals surface area contributed by atoms with E-state index in [1.54, 1.807) is 0 Å². The van der Waals surface area contributed by atoms with Gasteiger partial charge >= 0.3 is 0 Å². The van der Waals surface area contributed by atoms with Gasteiger partial charge in [-0.1, -0.05) is 5.16 Å². The summed E-state index contributed by atoms with van der Waals surface area (Å²) in [5.74, 6) is 0.0240. The van der Waals surface area contributed by atoms with Gasteiger partial charge in [-0.15, -0.1) is 11.6 Å². The Kier molecular flexibility index (Phi) is 3.56. The smallest absolute Gasteiger partial charge is 0.270 e. The van der Waals surface area contributed by atoms with Gasteiger partial charge in [0.05, 0.1) is 5.88 Å². The van der Waals surface area contributed by atoms with E-state index in [4.69, 9.17) is 17.3 Å². The molecule has 1 amide bonds. The first kappa shape index (κ1) is 9.93. The number of nitrogens with zero attached hydrogens (tertiary/aromatic N) is 1. The lowest BCUT2D eigenvalue weighted by atomic mass is 10.4. The summed E-state index contributed by atoms with van der Waals surface area (Å²) in [6.45, 7) is 0. The number of carbonyl (C=O) groups excluding carboxylic acids is 1. The number of alkyl halides is 1. The fraction of sp³-hybridized carbons (Fsp3) is 0.200. The molecule has 0 aromatic carbocycles. The summed E-state index contributed by atoms with van der Waals surface area (Å²) in [5.41, 5.74) is 4.98. The Balaban J connectivity index is 0.000001000. The van der Waals surface area contributed by atoms with Gasteiger partial charge in [0.1, 0.15) is 0 Å². The highest BCUT2D eigenvalue weighted by atomic mass is 35.5. The number of rotatable bonds is 2. The molecule has 62 valence electrons. The Morgan fingerprint density at radius 1 is 1.82 bits per heavy atom. The Morgan fingerprint density at radius 3 is 2.73 bits per heavy atom. The number of aromatic nitrogens is 1. The molecule has 1 rings (SSSR count). The Labute approximate surface area is 68.1 Å². The van der Waals surface area contributed by atoms with E-state index < -0.39 is 5.91 Å². The Bertz CT molecular complexity index is 248. The van der Waals surface area contributed by atoms with Crippen LogP contribution in [-0.2, 0) is 5.88 Å². The average molecular weight is 178 g/mol. The van der Waals surface area contributed by atoms with Crippen molar-refractivity contribution in [3.8, 4) is 0 Å². The monoisotopic (exact) mass is 177 g/mol. The SMILES string of the molecule is N.NC(=O)c1cc(CCl)on1. The van der Waals surface area contributed by atoms with Crippen LogP contribution < -0.4 is 11.9 Å². The van der Waals surface area contributed by atoms with Crippen LogP contribution in [0.15, 0.2) is 10.6 Å². The lowest BCUT2D eigenvalue weighted by Crippen LogP contribution is -2.10. The van der Waals surface area contributed by atoms with Gasteiger partial charge in [-0.2, -0.15) is 0 Å². The van der Waals surface area contributed by atoms with Crippen molar-refractivity contribution in [2.24, 2.45) is 5.73 Å². The van der Waals surface area contributed by atoms with E-state index in [0.29, 0.717) is 5.76 Å². The van der Waals surface area contributed by atoms with Gasteiger partial charge in [0.15, 0.2) is 11.5 Å². The second-order valence-corrected chi connectivity index (χ2v) is 1.94. The predicted octanol–water partition coefficient (Wildman–Crippen LogP) is 0.674. The van der Waals surface area contributed by atoms with Crippen molar-refractivity contribution >= 4 is 17.5 Å². The molecule has 11 heavy (non-hydrogen) atoms. The van der Waals surface area contributed by atoms with Gasteiger partial charge in [-0.25, -0.2) is 0 Å². The third-order valence-electron chi connectivity index (χ3n) is 0.943. The Hall–Kier alpha value is -1.07. The first-order chi connectivity index (χ1) is 4.74. The summed E-state index contributed by atoms with van der Waals surface area (Å²) in [6.07, 6.45) is 0. The van der Waals surface area contributed by atoms with Gasteiger partial charge in [0.2, 0.25) is 0 Å². The standard InChI is InChI=1S/C5H5ClN2O2.H3N/c6-2-3-1-4(5(7)9)8-10-3;/h1H,2H2,(H2,7,9);1H3. The molecule has 0 aliphatic carbocycles. The van der Waals surface area contributed by atoms with Crippen LogP contribution in [0.5, 0.6) is 0 Å². The molecule has 0 saturated carbocycles. The normalized spacial score (nSPS) is 8.82. The Morgan fingerprint density at radius 2 is 2.45 bits per heavy atom. The zero-order chi connectivity index (χ0) is 7.56. The highest BCUT2D eigenvalue weighted by molar-refractivity contribution is 6.16. The van der Waals surface area contributed by atoms with Crippen LogP contribution in [-0.4, -0.2) is 11.1 Å². The molecular formula is C5H8ClN3O2. The second-order valence-electron chi connectivity index (χ2n) is 1.68. The van der Waals surface area contributed by atoms with Gasteiger partial charge in [0, 0.05) is 6.07 Å². The number of hydrogen-bond donors (Lipinski definition) is 2. The molecule has 0 unspecified atom stereocenters. The first-order valence-electron chi connectivity index (χ1n) is 2.55. The minimum absolute atomic E-state index is 0. The number of halogens is 1. The molecule has 0 aliphatic rings.